The maximum atomic E-state index is 5.06. The number of benzene rings is 5. The molecule has 0 spiro atoms. The monoisotopic (exact) mass is 632 g/mol. The van der Waals surface area contributed by atoms with Crippen LogP contribution in [0, 0.1) is 5.92 Å². The molecule has 2 nitrogen and oxygen atoms in total. The second-order valence-corrected chi connectivity index (χ2v) is 13.2. The number of imidazole rings is 1. The highest BCUT2D eigenvalue weighted by Crippen LogP contribution is 2.46. The molecule has 0 saturated carbocycles. The van der Waals surface area contributed by atoms with Gasteiger partial charge in [0.2, 0.25) is 0 Å². The molecule has 2 aliphatic rings. The highest BCUT2D eigenvalue weighted by Gasteiger charge is 2.26. The predicted octanol–water partition coefficient (Wildman–Crippen LogP) is 12.3. The minimum absolute atomic E-state index is 0.316. The molecule has 8 rings (SSSR count). The summed E-state index contributed by atoms with van der Waals surface area (Å²) in [5, 5.41) is 2.61. The summed E-state index contributed by atoms with van der Waals surface area (Å²) in [6.07, 6.45) is 22.0. The molecule has 238 valence electrons. The van der Waals surface area contributed by atoms with E-state index >= 15 is 0 Å². The molecule has 2 unspecified atom stereocenters. The third-order valence-electron chi connectivity index (χ3n) is 9.99. The minimum Gasteiger partial charge on any atom is -0.292 e. The summed E-state index contributed by atoms with van der Waals surface area (Å²) in [6.45, 7) is 8.46. The van der Waals surface area contributed by atoms with Crippen LogP contribution in [0.2, 0.25) is 0 Å². The van der Waals surface area contributed by atoms with Crippen LogP contribution in [0.25, 0.3) is 55.8 Å². The van der Waals surface area contributed by atoms with Crippen LogP contribution in [-0.2, 0) is 6.42 Å². The van der Waals surface area contributed by atoms with E-state index < -0.39 is 0 Å². The number of para-hydroxylation sites is 2. The van der Waals surface area contributed by atoms with E-state index in [2.05, 4.69) is 152 Å². The average Bonchev–Trinajstić information content (AvgIpc) is 3.54. The van der Waals surface area contributed by atoms with Crippen LogP contribution < -0.4 is 0 Å². The molecule has 2 aliphatic carbocycles. The SMILES string of the molecule is C=C/C(=C\C=C/C)c1nc2ccccc2n1-c1ccc(-c2c3c(c(C4=CC(C)CC=C4)c4ccccc24)C=CC(c2ccccc2)C3)cc1. The lowest BCUT2D eigenvalue weighted by Gasteiger charge is -2.28. The lowest BCUT2D eigenvalue weighted by atomic mass is 9.75. The molecule has 0 amide bonds. The molecule has 5 aromatic carbocycles. The normalized spacial score (nSPS) is 17.5. The molecule has 1 heterocycles. The Morgan fingerprint density at radius 3 is 2.33 bits per heavy atom. The molecule has 6 aromatic rings. The van der Waals surface area contributed by atoms with Gasteiger partial charge in [-0.3, -0.25) is 4.57 Å². The highest BCUT2D eigenvalue weighted by atomic mass is 15.1. The fraction of sp³-hybridized carbons (Fsp3) is 0.128. The second kappa shape index (κ2) is 13.1. The summed E-state index contributed by atoms with van der Waals surface area (Å²) in [5.41, 5.74) is 13.5. The first-order valence-electron chi connectivity index (χ1n) is 17.4. The third-order valence-corrected chi connectivity index (χ3v) is 9.99. The van der Waals surface area contributed by atoms with Crippen molar-refractivity contribution in [3.8, 4) is 16.8 Å². The largest absolute Gasteiger partial charge is 0.292 e. The lowest BCUT2D eigenvalue weighted by molar-refractivity contribution is 0.740. The van der Waals surface area contributed by atoms with Crippen molar-refractivity contribution in [3.05, 3.63) is 186 Å². The number of nitrogens with zero attached hydrogens (tertiary/aromatic N) is 2. The Balaban J connectivity index is 1.33. The quantitative estimate of drug-likeness (QED) is 0.160. The summed E-state index contributed by atoms with van der Waals surface area (Å²) in [5.74, 6) is 1.72. The first-order chi connectivity index (χ1) is 24.1. The van der Waals surface area contributed by atoms with Crippen LogP contribution in [0.15, 0.2) is 158 Å². The molecule has 0 fully saturated rings. The van der Waals surface area contributed by atoms with E-state index in [0.29, 0.717) is 11.8 Å². The summed E-state index contributed by atoms with van der Waals surface area (Å²) in [4.78, 5) is 5.06. The van der Waals surface area contributed by atoms with Crippen molar-refractivity contribution in [1.82, 2.24) is 9.55 Å². The molecular weight excluding hydrogens is 593 g/mol. The van der Waals surface area contributed by atoms with Crippen LogP contribution >= 0.6 is 0 Å². The zero-order chi connectivity index (χ0) is 33.3. The van der Waals surface area contributed by atoms with Crippen LogP contribution in [0.3, 0.4) is 0 Å². The highest BCUT2D eigenvalue weighted by molar-refractivity contribution is 6.09. The Bertz CT molecular complexity index is 2360. The molecule has 0 N–H and O–H groups in total. The van der Waals surface area contributed by atoms with Gasteiger partial charge in [0.25, 0.3) is 0 Å². The van der Waals surface area contributed by atoms with Gasteiger partial charge in [0.05, 0.1) is 11.0 Å². The number of fused-ring (bicyclic) bond motifs is 3. The van der Waals surface area contributed by atoms with E-state index in [1.165, 1.54) is 49.7 Å². The van der Waals surface area contributed by atoms with Gasteiger partial charge in [0, 0.05) is 17.2 Å². The van der Waals surface area contributed by atoms with Crippen LogP contribution in [0.1, 0.15) is 54.3 Å². The van der Waals surface area contributed by atoms with Gasteiger partial charge >= 0.3 is 0 Å². The first kappa shape index (κ1) is 30.6. The Morgan fingerprint density at radius 2 is 1.57 bits per heavy atom. The standard InChI is InChI=1S/C47H40N2/c1-4-6-16-33(5-2)47-48-43-22-12-13-23-44(43)49(47)38-27-24-35(25-28-38)45-39-20-10-11-21-40(39)46(37-19-14-15-32(3)30-37)41-29-26-36(31-42(41)45)34-17-8-7-9-18-34/h4-14,16-30,32,36H,2,15,31H2,1,3H3/b6-4-,33-16+. The second-order valence-electron chi connectivity index (χ2n) is 13.2. The van der Waals surface area contributed by atoms with Gasteiger partial charge in [0.1, 0.15) is 5.82 Å². The molecule has 2 atom stereocenters. The van der Waals surface area contributed by atoms with Crippen LogP contribution in [0.5, 0.6) is 0 Å². The number of hydrogen-bond donors (Lipinski definition) is 0. The molecule has 0 aliphatic heterocycles. The van der Waals surface area contributed by atoms with Gasteiger partial charge in [-0.15, -0.1) is 0 Å². The summed E-state index contributed by atoms with van der Waals surface area (Å²) in [7, 11) is 0. The Labute approximate surface area is 289 Å². The van der Waals surface area contributed by atoms with E-state index in [4.69, 9.17) is 4.98 Å². The van der Waals surface area contributed by atoms with Crippen molar-refractivity contribution in [2.45, 2.75) is 32.6 Å². The number of rotatable bonds is 7. The number of aromatic nitrogens is 2. The molecule has 0 bridgehead atoms. The van der Waals surface area contributed by atoms with Crippen molar-refractivity contribution in [2.75, 3.05) is 0 Å². The minimum atomic E-state index is 0.316. The maximum absolute atomic E-state index is 5.06. The van der Waals surface area contributed by atoms with E-state index in [-0.39, 0.29) is 0 Å². The van der Waals surface area contributed by atoms with E-state index in [9.17, 15) is 0 Å². The van der Waals surface area contributed by atoms with Crippen molar-refractivity contribution >= 4 is 39.0 Å². The van der Waals surface area contributed by atoms with Gasteiger partial charge in [-0.25, -0.2) is 4.98 Å². The zero-order valence-electron chi connectivity index (χ0n) is 28.2. The molecule has 0 radical (unpaired) electrons. The van der Waals surface area contributed by atoms with Gasteiger partial charge in [-0.1, -0.05) is 147 Å². The van der Waals surface area contributed by atoms with Crippen LogP contribution in [0.4, 0.5) is 0 Å². The van der Waals surface area contributed by atoms with E-state index in [1.54, 1.807) is 0 Å². The Kier molecular flexibility index (Phi) is 8.15. The summed E-state index contributed by atoms with van der Waals surface area (Å²) >= 11 is 0. The number of hydrogen-bond acceptors (Lipinski definition) is 1. The fourth-order valence-electron chi connectivity index (χ4n) is 7.68. The van der Waals surface area contributed by atoms with Gasteiger partial charge in [-0.05, 0) is 99.7 Å². The Hall–Kier alpha value is -5.73. The molecular formula is C47H40N2. The molecule has 49 heavy (non-hydrogen) atoms. The van der Waals surface area contributed by atoms with Gasteiger partial charge in [0.15, 0.2) is 0 Å². The van der Waals surface area contributed by atoms with Gasteiger partial charge in [-0.2, -0.15) is 0 Å². The average molecular weight is 633 g/mol. The Morgan fingerprint density at radius 1 is 0.837 bits per heavy atom. The van der Waals surface area contributed by atoms with Gasteiger partial charge < -0.3 is 0 Å². The summed E-state index contributed by atoms with van der Waals surface area (Å²) in [6, 6.07) is 37.4. The van der Waals surface area contributed by atoms with Crippen molar-refractivity contribution in [2.24, 2.45) is 5.92 Å². The fourth-order valence-corrected chi connectivity index (χ4v) is 7.68. The van der Waals surface area contributed by atoms with E-state index in [1.807, 2.05) is 31.2 Å². The van der Waals surface area contributed by atoms with Crippen molar-refractivity contribution < 1.29 is 0 Å². The zero-order valence-corrected chi connectivity index (χ0v) is 28.2. The van der Waals surface area contributed by atoms with Crippen molar-refractivity contribution in [1.29, 1.82) is 0 Å². The molecule has 2 heteroatoms. The smallest absolute Gasteiger partial charge is 0.145 e. The first-order valence-corrected chi connectivity index (χ1v) is 17.4. The molecule has 0 saturated heterocycles. The van der Waals surface area contributed by atoms with Crippen molar-refractivity contribution in [3.63, 3.8) is 0 Å². The maximum Gasteiger partial charge on any atom is 0.145 e. The van der Waals surface area contributed by atoms with Crippen LogP contribution in [-0.4, -0.2) is 9.55 Å². The molecule has 1 aromatic heterocycles. The topological polar surface area (TPSA) is 17.8 Å². The summed E-state index contributed by atoms with van der Waals surface area (Å²) < 4.78 is 2.25. The number of allylic oxidation sites excluding steroid dienone is 10. The lowest BCUT2D eigenvalue weighted by Crippen LogP contribution is -2.11. The predicted molar refractivity (Wildman–Crippen MR) is 210 cm³/mol. The third kappa shape index (κ3) is 5.54. The van der Waals surface area contributed by atoms with E-state index in [0.717, 1.165) is 41.0 Å².